The summed E-state index contributed by atoms with van der Waals surface area (Å²) in [5, 5.41) is 8.27. The Morgan fingerprint density at radius 1 is 1.20 bits per heavy atom. The maximum Gasteiger partial charge on any atom is 0.277 e. The number of carbonyl (C=O) groups is 1. The Balaban J connectivity index is 1.54. The van der Waals surface area contributed by atoms with Crippen molar-refractivity contribution >= 4 is 22.9 Å². The Morgan fingerprint density at radius 2 is 2.00 bits per heavy atom. The highest BCUT2D eigenvalue weighted by Gasteiger charge is 2.18. The van der Waals surface area contributed by atoms with E-state index in [2.05, 4.69) is 15.4 Å². The number of H-pyrrole nitrogens is 1. The molecule has 2 N–H and O–H groups in total. The van der Waals surface area contributed by atoms with Crippen LogP contribution in [0.3, 0.4) is 0 Å². The van der Waals surface area contributed by atoms with Crippen LogP contribution < -0.4 is 15.6 Å². The van der Waals surface area contributed by atoms with Crippen LogP contribution in [0.1, 0.15) is 11.3 Å². The van der Waals surface area contributed by atoms with Crippen LogP contribution in [0.4, 0.5) is 5.69 Å². The summed E-state index contributed by atoms with van der Waals surface area (Å²) in [4.78, 5) is 30.0. The van der Waals surface area contributed by atoms with Gasteiger partial charge in [-0.05, 0) is 19.1 Å². The lowest BCUT2D eigenvalue weighted by molar-refractivity contribution is -0.115. The number of hydrogen-bond acceptors (Lipinski definition) is 5. The summed E-state index contributed by atoms with van der Waals surface area (Å²) in [5.41, 5.74) is 3.16. The van der Waals surface area contributed by atoms with Crippen LogP contribution in [0.15, 0.2) is 64.8 Å². The molecule has 0 saturated carbocycles. The summed E-state index contributed by atoms with van der Waals surface area (Å²) in [7, 11) is 1.56. The van der Waals surface area contributed by atoms with Gasteiger partial charge in [0.25, 0.3) is 5.56 Å². The van der Waals surface area contributed by atoms with Crippen LogP contribution in [0.2, 0.25) is 0 Å². The Hall–Kier alpha value is -3.65. The zero-order valence-electron chi connectivity index (χ0n) is 16.5. The smallest absolute Gasteiger partial charge is 0.277 e. The number of benzene rings is 2. The standard InChI is InChI=1S/C22H20N4O3S/c1-14-18(12-20(27)23-16-9-6-10-17(11-16)29-2)21(28)26(25-14)22-24-19(13-30-22)15-7-4-3-5-8-15/h3-11,13,25H,12H2,1-2H3,(H,23,27). The van der Waals surface area contributed by atoms with Crippen molar-refractivity contribution in [2.24, 2.45) is 0 Å². The molecule has 0 aliphatic rings. The van der Waals surface area contributed by atoms with E-state index in [-0.39, 0.29) is 17.9 Å². The molecule has 4 aromatic rings. The first kappa shape index (κ1) is 19.7. The Morgan fingerprint density at radius 3 is 2.77 bits per heavy atom. The molecule has 2 aromatic carbocycles. The first-order chi connectivity index (χ1) is 14.5. The number of aromatic amines is 1. The number of methoxy groups -OCH3 is 1. The van der Waals surface area contributed by atoms with E-state index in [1.54, 1.807) is 38.3 Å². The molecule has 7 nitrogen and oxygen atoms in total. The second-order valence-corrected chi connectivity index (χ2v) is 7.53. The van der Waals surface area contributed by atoms with Gasteiger partial charge >= 0.3 is 0 Å². The minimum absolute atomic E-state index is 0.0394. The van der Waals surface area contributed by atoms with Gasteiger partial charge < -0.3 is 10.1 Å². The summed E-state index contributed by atoms with van der Waals surface area (Å²) in [6.07, 6.45) is -0.0394. The van der Waals surface area contributed by atoms with Crippen LogP contribution in [-0.4, -0.2) is 27.8 Å². The number of nitrogens with zero attached hydrogens (tertiary/aromatic N) is 2. The van der Waals surface area contributed by atoms with Crippen molar-refractivity contribution < 1.29 is 9.53 Å². The van der Waals surface area contributed by atoms with E-state index in [0.717, 1.165) is 11.3 Å². The maximum atomic E-state index is 12.9. The summed E-state index contributed by atoms with van der Waals surface area (Å²) >= 11 is 1.37. The highest BCUT2D eigenvalue weighted by molar-refractivity contribution is 7.12. The van der Waals surface area contributed by atoms with Crippen molar-refractivity contribution in [1.82, 2.24) is 14.8 Å². The second kappa shape index (κ2) is 8.38. The minimum atomic E-state index is -0.279. The topological polar surface area (TPSA) is 89.0 Å². The van der Waals surface area contributed by atoms with Gasteiger partial charge in [0.2, 0.25) is 11.0 Å². The number of carbonyl (C=O) groups excluding carboxylic acids is 1. The van der Waals surface area contributed by atoms with Gasteiger partial charge in [0, 0.05) is 34.0 Å². The molecule has 2 aromatic heterocycles. The number of thiazole rings is 1. The molecule has 1 amide bonds. The molecule has 4 rings (SSSR count). The fourth-order valence-corrected chi connectivity index (χ4v) is 3.89. The lowest BCUT2D eigenvalue weighted by atomic mass is 10.2. The number of hydrogen-bond donors (Lipinski definition) is 2. The van der Waals surface area contributed by atoms with Crippen molar-refractivity contribution in [3.8, 4) is 22.1 Å². The number of ether oxygens (including phenoxy) is 1. The van der Waals surface area contributed by atoms with Crippen LogP contribution in [-0.2, 0) is 11.2 Å². The monoisotopic (exact) mass is 420 g/mol. The number of nitrogens with one attached hydrogen (secondary N) is 2. The second-order valence-electron chi connectivity index (χ2n) is 6.69. The number of rotatable bonds is 6. The summed E-state index contributed by atoms with van der Waals surface area (Å²) in [5.74, 6) is 0.365. The molecular weight excluding hydrogens is 400 g/mol. The molecule has 2 heterocycles. The van der Waals surface area contributed by atoms with Crippen molar-refractivity contribution in [2.45, 2.75) is 13.3 Å². The predicted molar refractivity (Wildman–Crippen MR) is 118 cm³/mol. The van der Waals surface area contributed by atoms with E-state index in [1.165, 1.54) is 16.0 Å². The number of aryl methyl sites for hydroxylation is 1. The van der Waals surface area contributed by atoms with Crippen LogP contribution in [0.5, 0.6) is 5.75 Å². The van der Waals surface area contributed by atoms with Gasteiger partial charge in [0.05, 0.1) is 19.2 Å². The minimum Gasteiger partial charge on any atom is -0.497 e. The molecule has 0 fully saturated rings. The predicted octanol–water partition coefficient (Wildman–Crippen LogP) is 3.79. The molecule has 30 heavy (non-hydrogen) atoms. The number of amides is 1. The molecule has 152 valence electrons. The number of anilines is 1. The van der Waals surface area contributed by atoms with Crippen LogP contribution >= 0.6 is 11.3 Å². The molecule has 0 atom stereocenters. The van der Waals surface area contributed by atoms with Crippen molar-refractivity contribution in [1.29, 1.82) is 0 Å². The maximum absolute atomic E-state index is 12.9. The van der Waals surface area contributed by atoms with Crippen LogP contribution in [0, 0.1) is 6.92 Å². The molecule has 0 bridgehead atoms. The van der Waals surface area contributed by atoms with E-state index >= 15 is 0 Å². The Labute approximate surface area is 177 Å². The molecule has 0 unspecified atom stereocenters. The molecule has 0 aliphatic heterocycles. The molecule has 8 heteroatoms. The van der Waals surface area contributed by atoms with Gasteiger partial charge in [-0.1, -0.05) is 36.4 Å². The van der Waals surface area contributed by atoms with E-state index < -0.39 is 0 Å². The van der Waals surface area contributed by atoms with Gasteiger partial charge in [0.15, 0.2) is 0 Å². The SMILES string of the molecule is COc1cccc(NC(=O)Cc2c(C)[nH]n(-c3nc(-c4ccccc4)cs3)c2=O)c1. The third-order valence-electron chi connectivity index (χ3n) is 4.64. The van der Waals surface area contributed by atoms with Gasteiger partial charge in [0.1, 0.15) is 5.75 Å². The van der Waals surface area contributed by atoms with Crippen molar-refractivity contribution in [3.05, 3.63) is 81.6 Å². The zero-order chi connectivity index (χ0) is 21.1. The molecule has 0 spiro atoms. The van der Waals surface area contributed by atoms with Gasteiger partial charge in [-0.25, -0.2) is 4.98 Å². The van der Waals surface area contributed by atoms with Gasteiger partial charge in [-0.15, -0.1) is 11.3 Å². The van der Waals surface area contributed by atoms with Crippen LogP contribution in [0.25, 0.3) is 16.4 Å². The average Bonchev–Trinajstić information content (AvgIpc) is 3.35. The van der Waals surface area contributed by atoms with Gasteiger partial charge in [-0.3, -0.25) is 14.7 Å². The van der Waals surface area contributed by atoms with E-state index in [9.17, 15) is 9.59 Å². The summed E-state index contributed by atoms with van der Waals surface area (Å²) in [6.45, 7) is 1.78. The van der Waals surface area contributed by atoms with E-state index in [1.807, 2.05) is 35.7 Å². The fourth-order valence-electron chi connectivity index (χ4n) is 3.10. The highest BCUT2D eigenvalue weighted by atomic mass is 32.1. The lowest BCUT2D eigenvalue weighted by Crippen LogP contribution is -2.22. The van der Waals surface area contributed by atoms with E-state index in [4.69, 9.17) is 4.74 Å². The molecular formula is C22H20N4O3S. The Kier molecular flexibility index (Phi) is 5.49. The summed E-state index contributed by atoms with van der Waals surface area (Å²) < 4.78 is 6.55. The first-order valence-corrected chi connectivity index (χ1v) is 10.2. The number of aromatic nitrogens is 3. The average molecular weight is 420 g/mol. The highest BCUT2D eigenvalue weighted by Crippen LogP contribution is 2.23. The zero-order valence-corrected chi connectivity index (χ0v) is 17.3. The van der Waals surface area contributed by atoms with E-state index in [0.29, 0.717) is 27.8 Å². The van der Waals surface area contributed by atoms with Gasteiger partial charge in [-0.2, -0.15) is 4.68 Å². The summed E-state index contributed by atoms with van der Waals surface area (Å²) in [6, 6.07) is 16.8. The van der Waals surface area contributed by atoms with Crippen molar-refractivity contribution in [2.75, 3.05) is 12.4 Å². The normalized spacial score (nSPS) is 10.7. The third-order valence-corrected chi connectivity index (χ3v) is 5.46. The largest absolute Gasteiger partial charge is 0.497 e. The quantitative estimate of drug-likeness (QED) is 0.497. The fraction of sp³-hybridized carbons (Fsp3) is 0.136. The molecule has 0 radical (unpaired) electrons. The van der Waals surface area contributed by atoms with Crippen molar-refractivity contribution in [3.63, 3.8) is 0 Å². The Bertz CT molecular complexity index is 1240. The molecule has 0 saturated heterocycles. The first-order valence-electron chi connectivity index (χ1n) is 9.31. The third kappa shape index (κ3) is 4.04. The lowest BCUT2D eigenvalue weighted by Gasteiger charge is -2.06. The molecule has 0 aliphatic carbocycles.